The van der Waals surface area contributed by atoms with Gasteiger partial charge in [-0.15, -0.1) is 0 Å². The van der Waals surface area contributed by atoms with Crippen LogP contribution in [0.2, 0.25) is 0 Å². The predicted molar refractivity (Wildman–Crippen MR) is 60.7 cm³/mol. The Hall–Kier alpha value is -0.570. The van der Waals surface area contributed by atoms with Crippen molar-refractivity contribution < 1.29 is 9.53 Å². The maximum Gasteiger partial charge on any atom is 0.307 e. The molecule has 3 nitrogen and oxygen atoms in total. The molecular formula is C12H23NO2. The number of carbonyl (C=O) groups excluding carboxylic acids is 1. The van der Waals surface area contributed by atoms with E-state index in [1.807, 2.05) is 20.8 Å². The Balaban J connectivity index is 2.09. The van der Waals surface area contributed by atoms with E-state index < -0.39 is 0 Å². The Bertz CT molecular complexity index is 216. The fourth-order valence-corrected chi connectivity index (χ4v) is 1.51. The highest BCUT2D eigenvalue weighted by Gasteiger charge is 2.23. The molecule has 0 bridgehead atoms. The predicted octanol–water partition coefficient (Wildman–Crippen LogP) is 2.06. The van der Waals surface area contributed by atoms with Crippen molar-refractivity contribution in [3.05, 3.63) is 0 Å². The van der Waals surface area contributed by atoms with Gasteiger partial charge in [-0.1, -0.05) is 0 Å². The Labute approximate surface area is 92.8 Å². The van der Waals surface area contributed by atoms with E-state index in [1.54, 1.807) is 0 Å². The summed E-state index contributed by atoms with van der Waals surface area (Å²) >= 11 is 0. The normalized spacial score (nSPS) is 16.9. The molecule has 0 atom stereocenters. The number of rotatable bonds is 5. The van der Waals surface area contributed by atoms with Crippen LogP contribution in [0.4, 0.5) is 0 Å². The van der Waals surface area contributed by atoms with Gasteiger partial charge in [0, 0.05) is 13.1 Å². The first-order chi connectivity index (χ1) is 6.87. The Morgan fingerprint density at radius 3 is 2.47 bits per heavy atom. The summed E-state index contributed by atoms with van der Waals surface area (Å²) < 4.78 is 5.24. The minimum absolute atomic E-state index is 0.0925. The van der Waals surface area contributed by atoms with E-state index >= 15 is 0 Å². The van der Waals surface area contributed by atoms with Gasteiger partial charge in [0.2, 0.25) is 0 Å². The lowest BCUT2D eigenvalue weighted by atomic mass is 10.2. The number of esters is 1. The van der Waals surface area contributed by atoms with Gasteiger partial charge in [0.15, 0.2) is 0 Å². The lowest BCUT2D eigenvalue weighted by Gasteiger charge is -2.21. The molecule has 1 aliphatic carbocycles. The number of hydrogen-bond acceptors (Lipinski definition) is 3. The van der Waals surface area contributed by atoms with Crippen molar-refractivity contribution in [1.29, 1.82) is 0 Å². The molecule has 1 saturated carbocycles. The summed E-state index contributed by atoms with van der Waals surface area (Å²) in [6, 6.07) is 0. The molecule has 0 saturated heterocycles. The highest BCUT2D eigenvalue weighted by Crippen LogP contribution is 2.29. The number of carbonyl (C=O) groups is 1. The first-order valence-corrected chi connectivity index (χ1v) is 5.77. The van der Waals surface area contributed by atoms with Crippen LogP contribution >= 0.6 is 0 Å². The topological polar surface area (TPSA) is 29.5 Å². The van der Waals surface area contributed by atoms with Crippen LogP contribution in [0.15, 0.2) is 0 Å². The van der Waals surface area contributed by atoms with Gasteiger partial charge in [0.1, 0.15) is 5.60 Å². The second-order valence-electron chi connectivity index (χ2n) is 5.54. The SMILES string of the molecule is CN(CCC(=O)OC(C)(C)C)CC1CC1. The minimum atomic E-state index is -0.355. The molecule has 1 rings (SSSR count). The van der Waals surface area contributed by atoms with Crippen molar-refractivity contribution in [3.63, 3.8) is 0 Å². The summed E-state index contributed by atoms with van der Waals surface area (Å²) in [5, 5.41) is 0. The van der Waals surface area contributed by atoms with Gasteiger partial charge < -0.3 is 9.64 Å². The Morgan fingerprint density at radius 1 is 1.40 bits per heavy atom. The summed E-state index contributed by atoms with van der Waals surface area (Å²) in [4.78, 5) is 13.6. The zero-order valence-electron chi connectivity index (χ0n) is 10.4. The summed E-state index contributed by atoms with van der Waals surface area (Å²) in [7, 11) is 2.07. The molecule has 0 aromatic heterocycles. The van der Waals surface area contributed by atoms with Crippen molar-refractivity contribution in [2.75, 3.05) is 20.1 Å². The lowest BCUT2D eigenvalue weighted by Crippen LogP contribution is -2.28. The van der Waals surface area contributed by atoms with Gasteiger partial charge in [0.25, 0.3) is 0 Å². The van der Waals surface area contributed by atoms with Gasteiger partial charge in [0.05, 0.1) is 6.42 Å². The van der Waals surface area contributed by atoms with Crippen molar-refractivity contribution in [3.8, 4) is 0 Å². The highest BCUT2D eigenvalue weighted by molar-refractivity contribution is 5.70. The van der Waals surface area contributed by atoms with E-state index in [1.165, 1.54) is 12.8 Å². The molecule has 0 heterocycles. The second-order valence-corrected chi connectivity index (χ2v) is 5.54. The summed E-state index contributed by atoms with van der Waals surface area (Å²) in [5.74, 6) is 0.791. The Morgan fingerprint density at radius 2 is 2.00 bits per heavy atom. The van der Waals surface area contributed by atoms with E-state index in [0.29, 0.717) is 6.42 Å². The van der Waals surface area contributed by atoms with E-state index in [2.05, 4.69) is 11.9 Å². The molecule has 0 amide bonds. The standard InChI is InChI=1S/C12H23NO2/c1-12(2,3)15-11(14)7-8-13(4)9-10-5-6-10/h10H,5-9H2,1-4H3. The van der Waals surface area contributed by atoms with Gasteiger partial charge in [-0.25, -0.2) is 0 Å². The minimum Gasteiger partial charge on any atom is -0.460 e. The number of ether oxygens (including phenoxy) is 1. The molecule has 0 N–H and O–H groups in total. The smallest absolute Gasteiger partial charge is 0.307 e. The van der Waals surface area contributed by atoms with Crippen LogP contribution in [-0.2, 0) is 9.53 Å². The van der Waals surface area contributed by atoms with Gasteiger partial charge in [-0.05, 0) is 46.6 Å². The molecule has 3 heteroatoms. The van der Waals surface area contributed by atoms with Crippen LogP contribution in [0, 0.1) is 5.92 Å². The third-order valence-corrected chi connectivity index (χ3v) is 2.38. The third kappa shape index (κ3) is 6.50. The largest absolute Gasteiger partial charge is 0.460 e. The number of hydrogen-bond donors (Lipinski definition) is 0. The van der Waals surface area contributed by atoms with Crippen molar-refractivity contribution in [2.45, 2.75) is 45.6 Å². The zero-order chi connectivity index (χ0) is 11.5. The average Bonchev–Trinajstić information content (AvgIpc) is 2.81. The highest BCUT2D eigenvalue weighted by atomic mass is 16.6. The molecule has 0 aliphatic heterocycles. The van der Waals surface area contributed by atoms with Crippen LogP contribution in [0.3, 0.4) is 0 Å². The van der Waals surface area contributed by atoms with Crippen LogP contribution in [0.5, 0.6) is 0 Å². The molecule has 0 unspecified atom stereocenters. The van der Waals surface area contributed by atoms with Crippen LogP contribution in [0.25, 0.3) is 0 Å². The van der Waals surface area contributed by atoms with Crippen LogP contribution in [-0.4, -0.2) is 36.6 Å². The first kappa shape index (κ1) is 12.5. The van der Waals surface area contributed by atoms with Gasteiger partial charge in [-0.3, -0.25) is 4.79 Å². The molecule has 0 aromatic carbocycles. The molecular weight excluding hydrogens is 190 g/mol. The molecule has 0 radical (unpaired) electrons. The van der Waals surface area contributed by atoms with E-state index in [9.17, 15) is 4.79 Å². The van der Waals surface area contributed by atoms with Crippen molar-refractivity contribution >= 4 is 5.97 Å². The molecule has 15 heavy (non-hydrogen) atoms. The van der Waals surface area contributed by atoms with Crippen molar-refractivity contribution in [1.82, 2.24) is 4.90 Å². The maximum atomic E-state index is 11.4. The average molecular weight is 213 g/mol. The van der Waals surface area contributed by atoms with Crippen LogP contribution in [0.1, 0.15) is 40.0 Å². The van der Waals surface area contributed by atoms with Gasteiger partial charge >= 0.3 is 5.97 Å². The fraction of sp³-hybridized carbons (Fsp3) is 0.917. The summed E-state index contributed by atoms with van der Waals surface area (Å²) in [6.45, 7) is 7.64. The summed E-state index contributed by atoms with van der Waals surface area (Å²) in [6.07, 6.45) is 3.22. The fourth-order valence-electron chi connectivity index (χ4n) is 1.51. The quantitative estimate of drug-likeness (QED) is 0.655. The van der Waals surface area contributed by atoms with Crippen LogP contribution < -0.4 is 0 Å². The van der Waals surface area contributed by atoms with Gasteiger partial charge in [-0.2, -0.15) is 0 Å². The lowest BCUT2D eigenvalue weighted by molar-refractivity contribution is -0.155. The Kier molecular flexibility index (Phi) is 4.14. The molecule has 0 aromatic rings. The maximum absolute atomic E-state index is 11.4. The third-order valence-electron chi connectivity index (χ3n) is 2.38. The number of nitrogens with zero attached hydrogens (tertiary/aromatic N) is 1. The second kappa shape index (κ2) is 4.97. The van der Waals surface area contributed by atoms with E-state index in [4.69, 9.17) is 4.74 Å². The zero-order valence-corrected chi connectivity index (χ0v) is 10.4. The van der Waals surface area contributed by atoms with E-state index in [-0.39, 0.29) is 11.6 Å². The van der Waals surface area contributed by atoms with Crippen molar-refractivity contribution in [2.24, 2.45) is 5.92 Å². The molecule has 1 fully saturated rings. The monoisotopic (exact) mass is 213 g/mol. The molecule has 0 spiro atoms. The molecule has 1 aliphatic rings. The summed E-state index contributed by atoms with van der Waals surface area (Å²) in [5.41, 5.74) is -0.355. The molecule has 88 valence electrons. The van der Waals surface area contributed by atoms with E-state index in [0.717, 1.165) is 19.0 Å². The first-order valence-electron chi connectivity index (χ1n) is 5.77.